The van der Waals surface area contributed by atoms with E-state index in [0.29, 0.717) is 26.1 Å². The first-order valence-corrected chi connectivity index (χ1v) is 6.36. The van der Waals surface area contributed by atoms with Crippen molar-refractivity contribution in [3.05, 3.63) is 29.8 Å². The van der Waals surface area contributed by atoms with Gasteiger partial charge in [0.05, 0.1) is 12.7 Å². The molecule has 0 spiro atoms. The summed E-state index contributed by atoms with van der Waals surface area (Å²) < 4.78 is 5.36. The van der Waals surface area contributed by atoms with E-state index in [-0.39, 0.29) is 12.0 Å². The molecule has 1 aliphatic rings. The monoisotopic (exact) mass is 249 g/mol. The number of rotatable bonds is 5. The van der Waals surface area contributed by atoms with Crippen LogP contribution in [0.5, 0.6) is 5.75 Å². The lowest BCUT2D eigenvalue weighted by molar-refractivity contribution is -0.141. The Balaban J connectivity index is 1.77. The van der Waals surface area contributed by atoms with Crippen LogP contribution in [0, 0.1) is 0 Å². The van der Waals surface area contributed by atoms with Crippen LogP contribution in [-0.4, -0.2) is 41.7 Å². The number of amides is 1. The minimum absolute atomic E-state index is 0.120. The van der Waals surface area contributed by atoms with Crippen molar-refractivity contribution in [2.24, 2.45) is 0 Å². The number of carbonyl (C=O) groups excluding carboxylic acids is 1. The maximum absolute atomic E-state index is 11.7. The van der Waals surface area contributed by atoms with Crippen LogP contribution in [0.25, 0.3) is 0 Å². The van der Waals surface area contributed by atoms with E-state index in [4.69, 9.17) is 9.84 Å². The molecule has 2 rings (SSSR count). The van der Waals surface area contributed by atoms with Gasteiger partial charge in [-0.05, 0) is 31.0 Å². The molecule has 4 heteroatoms. The predicted molar refractivity (Wildman–Crippen MR) is 68.5 cm³/mol. The van der Waals surface area contributed by atoms with E-state index in [9.17, 15) is 4.79 Å². The summed E-state index contributed by atoms with van der Waals surface area (Å²) in [6.45, 7) is 3.59. The Bertz CT molecular complexity index is 396. The summed E-state index contributed by atoms with van der Waals surface area (Å²) in [4.78, 5) is 13.4. The second-order valence-electron chi connectivity index (χ2n) is 4.53. The van der Waals surface area contributed by atoms with Gasteiger partial charge in [0.25, 0.3) is 0 Å². The number of ether oxygens (including phenoxy) is 1. The van der Waals surface area contributed by atoms with Crippen molar-refractivity contribution in [1.82, 2.24) is 4.90 Å². The normalized spacial score (nSPS) is 15.3. The molecular formula is C14H19NO3. The van der Waals surface area contributed by atoms with Gasteiger partial charge in [-0.15, -0.1) is 0 Å². The van der Waals surface area contributed by atoms with Gasteiger partial charge in [-0.3, -0.25) is 4.79 Å². The quantitative estimate of drug-likeness (QED) is 0.853. The molecule has 0 aliphatic carbocycles. The predicted octanol–water partition coefficient (Wildman–Crippen LogP) is 1.22. The van der Waals surface area contributed by atoms with Crippen LogP contribution in [0.2, 0.25) is 0 Å². The number of nitrogens with zero attached hydrogens (tertiary/aromatic N) is 1. The van der Waals surface area contributed by atoms with Gasteiger partial charge in [-0.25, -0.2) is 0 Å². The van der Waals surface area contributed by atoms with Crippen molar-refractivity contribution in [1.29, 1.82) is 0 Å². The Labute approximate surface area is 107 Å². The zero-order chi connectivity index (χ0) is 13.0. The van der Waals surface area contributed by atoms with Crippen molar-refractivity contribution < 1.29 is 14.6 Å². The van der Waals surface area contributed by atoms with E-state index >= 15 is 0 Å². The molecule has 4 nitrogen and oxygen atoms in total. The lowest BCUT2D eigenvalue weighted by atomic mass is 10.1. The van der Waals surface area contributed by atoms with Gasteiger partial charge in [0, 0.05) is 19.5 Å². The molecular weight excluding hydrogens is 230 g/mol. The Morgan fingerprint density at radius 3 is 2.61 bits per heavy atom. The highest BCUT2D eigenvalue weighted by molar-refractivity contribution is 5.77. The molecule has 0 unspecified atom stereocenters. The molecule has 1 aliphatic heterocycles. The first kappa shape index (κ1) is 12.9. The lowest BCUT2D eigenvalue weighted by Gasteiger charge is -2.35. The molecule has 1 heterocycles. The number of aliphatic hydroxyl groups excluding tert-OH is 1. The highest BCUT2D eigenvalue weighted by atomic mass is 16.5. The minimum Gasteiger partial charge on any atom is -0.494 e. The van der Waals surface area contributed by atoms with E-state index in [1.165, 1.54) is 0 Å². The third-order valence-electron chi connectivity index (χ3n) is 3.08. The Morgan fingerprint density at radius 1 is 1.39 bits per heavy atom. The van der Waals surface area contributed by atoms with Crippen LogP contribution >= 0.6 is 0 Å². The van der Waals surface area contributed by atoms with Gasteiger partial charge in [-0.1, -0.05) is 12.1 Å². The molecule has 0 saturated carbocycles. The average Bonchev–Trinajstić information content (AvgIpc) is 2.34. The SMILES string of the molecule is CCOc1ccc(CCC(=O)N2CC(O)C2)cc1. The Kier molecular flexibility index (Phi) is 4.20. The second-order valence-corrected chi connectivity index (χ2v) is 4.53. The first-order valence-electron chi connectivity index (χ1n) is 6.36. The van der Waals surface area contributed by atoms with Crippen molar-refractivity contribution >= 4 is 5.91 Å². The molecule has 1 fully saturated rings. The number of carbonyl (C=O) groups is 1. The zero-order valence-corrected chi connectivity index (χ0v) is 10.6. The minimum atomic E-state index is -0.320. The summed E-state index contributed by atoms with van der Waals surface area (Å²) in [7, 11) is 0. The van der Waals surface area contributed by atoms with Gasteiger partial charge >= 0.3 is 0 Å². The highest BCUT2D eigenvalue weighted by Crippen LogP contribution is 2.15. The third kappa shape index (κ3) is 3.23. The molecule has 1 aromatic carbocycles. The molecule has 1 amide bonds. The average molecular weight is 249 g/mol. The summed E-state index contributed by atoms with van der Waals surface area (Å²) in [5.74, 6) is 0.979. The summed E-state index contributed by atoms with van der Waals surface area (Å²) >= 11 is 0. The van der Waals surface area contributed by atoms with Crippen LogP contribution < -0.4 is 4.74 Å². The molecule has 0 atom stereocenters. The summed E-state index contributed by atoms with van der Waals surface area (Å²) in [5.41, 5.74) is 1.13. The van der Waals surface area contributed by atoms with Crippen molar-refractivity contribution in [3.63, 3.8) is 0 Å². The Hall–Kier alpha value is -1.55. The molecule has 98 valence electrons. The summed E-state index contributed by atoms with van der Waals surface area (Å²) in [5, 5.41) is 9.13. The van der Waals surface area contributed by atoms with Gasteiger partial charge < -0.3 is 14.7 Å². The maximum Gasteiger partial charge on any atom is 0.223 e. The molecule has 1 N–H and O–H groups in total. The van der Waals surface area contributed by atoms with E-state index in [0.717, 1.165) is 17.7 Å². The number of aryl methyl sites for hydroxylation is 1. The van der Waals surface area contributed by atoms with Crippen LogP contribution in [0.15, 0.2) is 24.3 Å². The fourth-order valence-corrected chi connectivity index (χ4v) is 1.99. The summed E-state index contributed by atoms with van der Waals surface area (Å²) in [6, 6.07) is 7.83. The Morgan fingerprint density at radius 2 is 2.06 bits per heavy atom. The van der Waals surface area contributed by atoms with E-state index in [1.807, 2.05) is 31.2 Å². The molecule has 0 radical (unpaired) electrons. The van der Waals surface area contributed by atoms with Crippen LogP contribution in [0.4, 0.5) is 0 Å². The van der Waals surface area contributed by atoms with Gasteiger partial charge in [0.2, 0.25) is 5.91 Å². The van der Waals surface area contributed by atoms with Gasteiger partial charge in [-0.2, -0.15) is 0 Å². The topological polar surface area (TPSA) is 49.8 Å². The van der Waals surface area contributed by atoms with Crippen LogP contribution in [0.3, 0.4) is 0 Å². The van der Waals surface area contributed by atoms with Crippen LogP contribution in [0.1, 0.15) is 18.9 Å². The van der Waals surface area contributed by atoms with E-state index in [2.05, 4.69) is 0 Å². The molecule has 1 aromatic rings. The maximum atomic E-state index is 11.7. The lowest BCUT2D eigenvalue weighted by Crippen LogP contribution is -2.53. The number of β-amino-alcohol motifs (C(OH)–C–C–N with tert-alkyl or cyclic N) is 1. The number of aliphatic hydroxyl groups is 1. The standard InChI is InChI=1S/C14H19NO3/c1-2-18-13-6-3-11(4-7-13)5-8-14(17)15-9-12(16)10-15/h3-4,6-7,12,16H,2,5,8-10H2,1H3. The number of benzene rings is 1. The van der Waals surface area contributed by atoms with Crippen molar-refractivity contribution in [2.75, 3.05) is 19.7 Å². The highest BCUT2D eigenvalue weighted by Gasteiger charge is 2.27. The third-order valence-corrected chi connectivity index (χ3v) is 3.08. The van der Waals surface area contributed by atoms with Gasteiger partial charge in [0.15, 0.2) is 0 Å². The van der Waals surface area contributed by atoms with E-state index in [1.54, 1.807) is 4.90 Å². The molecule has 0 bridgehead atoms. The number of hydrogen-bond acceptors (Lipinski definition) is 3. The largest absolute Gasteiger partial charge is 0.494 e. The fourth-order valence-electron chi connectivity index (χ4n) is 1.99. The molecule has 1 saturated heterocycles. The number of hydrogen-bond donors (Lipinski definition) is 1. The van der Waals surface area contributed by atoms with Crippen LogP contribution in [-0.2, 0) is 11.2 Å². The number of likely N-dealkylation sites (tertiary alicyclic amines) is 1. The van der Waals surface area contributed by atoms with Gasteiger partial charge in [0.1, 0.15) is 5.75 Å². The first-order chi connectivity index (χ1) is 8.69. The van der Waals surface area contributed by atoms with Crippen molar-refractivity contribution in [3.8, 4) is 5.75 Å². The summed E-state index contributed by atoms with van der Waals surface area (Å²) in [6.07, 6.45) is 0.915. The molecule has 18 heavy (non-hydrogen) atoms. The van der Waals surface area contributed by atoms with E-state index < -0.39 is 0 Å². The molecule has 0 aromatic heterocycles. The smallest absolute Gasteiger partial charge is 0.223 e. The second kappa shape index (κ2) is 5.87. The van der Waals surface area contributed by atoms with Crippen molar-refractivity contribution in [2.45, 2.75) is 25.9 Å². The fraction of sp³-hybridized carbons (Fsp3) is 0.500. The zero-order valence-electron chi connectivity index (χ0n) is 10.6.